The van der Waals surface area contributed by atoms with Crippen LogP contribution in [-0.4, -0.2) is 16.9 Å². The molecule has 0 saturated carbocycles. The summed E-state index contributed by atoms with van der Waals surface area (Å²) >= 11 is 4.17. The molecule has 0 fully saturated rings. The molecule has 0 aliphatic rings. The van der Waals surface area contributed by atoms with Crippen LogP contribution in [-0.2, 0) is 6.42 Å². The van der Waals surface area contributed by atoms with E-state index < -0.39 is 0 Å². The third kappa shape index (κ3) is 3.61. The van der Waals surface area contributed by atoms with Crippen molar-refractivity contribution in [3.05, 3.63) is 33.4 Å². The van der Waals surface area contributed by atoms with E-state index in [2.05, 4.69) is 46.9 Å². The van der Waals surface area contributed by atoms with Crippen molar-refractivity contribution in [2.75, 3.05) is 0 Å². The van der Waals surface area contributed by atoms with Crippen LogP contribution in [0.3, 0.4) is 0 Å². The molecule has 0 amide bonds. The Morgan fingerprint density at radius 1 is 1.18 bits per heavy atom. The fourth-order valence-corrected chi connectivity index (χ4v) is 1.75. The van der Waals surface area contributed by atoms with Crippen LogP contribution >= 0.6 is 22.6 Å². The van der Waals surface area contributed by atoms with Crippen LogP contribution in [0.15, 0.2) is 24.3 Å². The third-order valence-corrected chi connectivity index (χ3v) is 3.16. The summed E-state index contributed by atoms with van der Waals surface area (Å²) in [5.41, 5.74) is 1.48. The van der Waals surface area contributed by atoms with E-state index in [0.717, 1.165) is 0 Å². The summed E-state index contributed by atoms with van der Waals surface area (Å²) in [6, 6.07) is 8.81. The SMILES string of the molecule is [AsH2]CCCc1ccc(I)cc1. The van der Waals surface area contributed by atoms with E-state index in [4.69, 9.17) is 0 Å². The molecule has 0 bridgehead atoms. The van der Waals surface area contributed by atoms with Gasteiger partial charge in [-0.3, -0.25) is 0 Å². The number of hydrogen-bond donors (Lipinski definition) is 0. The Morgan fingerprint density at radius 3 is 2.36 bits per heavy atom. The van der Waals surface area contributed by atoms with Gasteiger partial charge in [0.2, 0.25) is 0 Å². The fraction of sp³-hybridized carbons (Fsp3) is 0.333. The second-order valence-corrected chi connectivity index (χ2v) is 4.98. The van der Waals surface area contributed by atoms with Crippen molar-refractivity contribution in [2.24, 2.45) is 0 Å². The van der Waals surface area contributed by atoms with Gasteiger partial charge in [0.15, 0.2) is 0 Å². The normalized spacial score (nSPS) is 10.0. The molecular formula is C9H12AsI. The van der Waals surface area contributed by atoms with Crippen LogP contribution in [0, 0.1) is 3.57 Å². The predicted octanol–water partition coefficient (Wildman–Crippen LogP) is 2.28. The van der Waals surface area contributed by atoms with Gasteiger partial charge >= 0.3 is 90.9 Å². The van der Waals surface area contributed by atoms with Gasteiger partial charge in [0.25, 0.3) is 0 Å². The predicted molar refractivity (Wildman–Crippen MR) is 60.8 cm³/mol. The van der Waals surface area contributed by atoms with E-state index in [-0.39, 0.29) is 0 Å². The Bertz CT molecular complexity index is 205. The first-order valence-electron chi connectivity index (χ1n) is 3.77. The molecule has 0 N–H and O–H groups in total. The average molecular weight is 322 g/mol. The van der Waals surface area contributed by atoms with E-state index in [9.17, 15) is 0 Å². The minimum atomic E-state index is 1.25. The van der Waals surface area contributed by atoms with Gasteiger partial charge in [-0.1, -0.05) is 0 Å². The van der Waals surface area contributed by atoms with Gasteiger partial charge in [0.1, 0.15) is 0 Å². The van der Waals surface area contributed by atoms with Crippen LogP contribution in [0.1, 0.15) is 12.0 Å². The molecule has 0 nitrogen and oxygen atoms in total. The summed E-state index contributed by atoms with van der Waals surface area (Å²) in [5.74, 6) is 0. The van der Waals surface area contributed by atoms with Crippen molar-refractivity contribution in [2.45, 2.75) is 18.1 Å². The number of benzene rings is 1. The first-order valence-corrected chi connectivity index (χ1v) is 6.56. The quantitative estimate of drug-likeness (QED) is 0.592. The second kappa shape index (κ2) is 5.21. The number of hydrogen-bond acceptors (Lipinski definition) is 0. The average Bonchev–Trinajstić information content (AvgIpc) is 2.04. The van der Waals surface area contributed by atoms with Gasteiger partial charge in [-0.05, 0) is 0 Å². The van der Waals surface area contributed by atoms with Crippen molar-refractivity contribution in [1.82, 2.24) is 0 Å². The molecule has 0 radical (unpaired) electrons. The van der Waals surface area contributed by atoms with E-state index in [0.29, 0.717) is 0 Å². The molecule has 1 rings (SSSR count). The summed E-state index contributed by atoms with van der Waals surface area (Å²) in [5, 5.41) is 1.35. The molecule has 11 heavy (non-hydrogen) atoms. The van der Waals surface area contributed by atoms with E-state index >= 15 is 0 Å². The van der Waals surface area contributed by atoms with Gasteiger partial charge in [-0.2, -0.15) is 0 Å². The molecule has 0 heterocycles. The molecule has 0 saturated heterocycles. The maximum atomic E-state index is 2.34. The zero-order chi connectivity index (χ0) is 8.10. The van der Waals surface area contributed by atoms with Crippen LogP contribution in [0.5, 0.6) is 0 Å². The summed E-state index contributed by atoms with van der Waals surface area (Å²) < 4.78 is 1.33. The molecule has 1 atom stereocenters. The van der Waals surface area contributed by atoms with E-state index in [1.54, 1.807) is 0 Å². The van der Waals surface area contributed by atoms with Gasteiger partial charge in [-0.25, -0.2) is 0 Å². The first kappa shape index (κ1) is 9.60. The summed E-state index contributed by atoms with van der Waals surface area (Å²) in [4.78, 5) is 0. The van der Waals surface area contributed by atoms with E-state index in [1.807, 2.05) is 16.9 Å². The second-order valence-electron chi connectivity index (χ2n) is 2.52. The topological polar surface area (TPSA) is 0 Å². The number of aryl methyl sites for hydroxylation is 1. The molecule has 1 aromatic carbocycles. The van der Waals surface area contributed by atoms with Crippen molar-refractivity contribution >= 4 is 39.4 Å². The molecule has 1 aromatic rings. The fourth-order valence-electron chi connectivity index (χ4n) is 0.957. The standard InChI is InChI=1S/C9H12AsI/c10-7-1-2-8-3-5-9(11)6-4-8/h3-6H,1-2,7,10H2. The molecular weight excluding hydrogens is 310 g/mol. The maximum absolute atomic E-state index is 2.34. The van der Waals surface area contributed by atoms with Crippen molar-refractivity contribution in [1.29, 1.82) is 0 Å². The molecule has 1 unspecified atom stereocenters. The number of rotatable bonds is 3. The Labute approximate surface area is 90.4 Å². The zero-order valence-corrected chi connectivity index (χ0v) is 11.0. The van der Waals surface area contributed by atoms with Crippen molar-refractivity contribution < 1.29 is 0 Å². The Kier molecular flexibility index (Phi) is 4.54. The monoisotopic (exact) mass is 322 g/mol. The van der Waals surface area contributed by atoms with E-state index in [1.165, 1.54) is 27.2 Å². The summed E-state index contributed by atoms with van der Waals surface area (Å²) in [6.45, 7) is 0. The molecule has 0 aliphatic heterocycles. The summed E-state index contributed by atoms with van der Waals surface area (Å²) in [7, 11) is 0. The van der Waals surface area contributed by atoms with Gasteiger partial charge in [-0.15, -0.1) is 0 Å². The van der Waals surface area contributed by atoms with Gasteiger partial charge < -0.3 is 0 Å². The molecule has 0 aromatic heterocycles. The zero-order valence-electron chi connectivity index (χ0n) is 6.39. The molecule has 2 heteroatoms. The summed E-state index contributed by atoms with van der Waals surface area (Å²) in [6.07, 6.45) is 2.58. The van der Waals surface area contributed by atoms with Gasteiger partial charge in [0, 0.05) is 0 Å². The van der Waals surface area contributed by atoms with Crippen LogP contribution < -0.4 is 0 Å². The van der Waals surface area contributed by atoms with Crippen molar-refractivity contribution in [3.8, 4) is 0 Å². The first-order chi connectivity index (χ1) is 5.33. The van der Waals surface area contributed by atoms with Crippen molar-refractivity contribution in [3.63, 3.8) is 0 Å². The van der Waals surface area contributed by atoms with Crippen LogP contribution in [0.25, 0.3) is 0 Å². The minimum absolute atomic E-state index is 1.25. The molecule has 0 aliphatic carbocycles. The number of halogens is 1. The van der Waals surface area contributed by atoms with Crippen LogP contribution in [0.2, 0.25) is 5.21 Å². The molecule has 60 valence electrons. The van der Waals surface area contributed by atoms with Gasteiger partial charge in [0.05, 0.1) is 0 Å². The Balaban J connectivity index is 2.52. The third-order valence-electron chi connectivity index (χ3n) is 1.58. The Morgan fingerprint density at radius 2 is 1.82 bits per heavy atom. The molecule has 0 spiro atoms. The Hall–Kier alpha value is 0.508. The van der Waals surface area contributed by atoms with Crippen LogP contribution in [0.4, 0.5) is 0 Å².